The molecule has 0 aliphatic rings. The summed E-state index contributed by atoms with van der Waals surface area (Å²) in [5, 5.41) is 16.8. The summed E-state index contributed by atoms with van der Waals surface area (Å²) < 4.78 is 1.94. The highest BCUT2D eigenvalue weighted by atomic mass is 15.4. The Morgan fingerprint density at radius 3 is 2.54 bits per heavy atom. The molecule has 5 nitrogen and oxygen atoms in total. The molecule has 3 aromatic rings. The van der Waals surface area contributed by atoms with E-state index in [1.165, 1.54) is 5.56 Å². The van der Waals surface area contributed by atoms with E-state index in [2.05, 4.69) is 66.5 Å². The van der Waals surface area contributed by atoms with E-state index in [-0.39, 0.29) is 6.04 Å². The molecule has 0 aliphatic carbocycles. The Kier molecular flexibility index (Phi) is 5.45. The summed E-state index contributed by atoms with van der Waals surface area (Å²) in [7, 11) is 0. The van der Waals surface area contributed by atoms with Gasteiger partial charge in [-0.2, -0.15) is 10.4 Å². The Hall–Kier alpha value is -2.97. The van der Waals surface area contributed by atoms with Gasteiger partial charge in [0, 0.05) is 12.1 Å². The fourth-order valence-electron chi connectivity index (χ4n) is 2.93. The maximum atomic E-state index is 9.05. The van der Waals surface area contributed by atoms with E-state index >= 15 is 0 Å². The first kappa shape index (κ1) is 17.8. The highest BCUT2D eigenvalue weighted by molar-refractivity contribution is 5.65. The minimum Gasteiger partial charge on any atom is -0.303 e. The van der Waals surface area contributed by atoms with Gasteiger partial charge >= 0.3 is 0 Å². The van der Waals surface area contributed by atoms with Crippen LogP contribution in [-0.4, -0.2) is 14.8 Å². The van der Waals surface area contributed by atoms with Crippen molar-refractivity contribution in [3.8, 4) is 17.2 Å². The average molecular weight is 345 g/mol. The lowest BCUT2D eigenvalue weighted by molar-refractivity contribution is 0.473. The summed E-state index contributed by atoms with van der Waals surface area (Å²) in [6, 6.07) is 18.8. The first-order valence-corrected chi connectivity index (χ1v) is 8.80. The van der Waals surface area contributed by atoms with Gasteiger partial charge in [0.05, 0.1) is 18.2 Å². The second-order valence-corrected chi connectivity index (χ2v) is 6.63. The van der Waals surface area contributed by atoms with Gasteiger partial charge in [0.2, 0.25) is 0 Å². The molecule has 1 unspecified atom stereocenters. The summed E-state index contributed by atoms with van der Waals surface area (Å²) in [6.07, 6.45) is 1.60. The number of nitriles is 1. The Morgan fingerprint density at radius 2 is 1.85 bits per heavy atom. The van der Waals surface area contributed by atoms with Gasteiger partial charge in [0.25, 0.3) is 0 Å². The zero-order valence-corrected chi connectivity index (χ0v) is 15.3. The van der Waals surface area contributed by atoms with E-state index in [1.54, 1.807) is 6.33 Å². The Morgan fingerprint density at radius 1 is 1.08 bits per heavy atom. The van der Waals surface area contributed by atoms with E-state index in [4.69, 9.17) is 5.26 Å². The van der Waals surface area contributed by atoms with Crippen LogP contribution in [0.2, 0.25) is 0 Å². The molecule has 0 radical (unpaired) electrons. The number of nitrogens with zero attached hydrogens (tertiary/aromatic N) is 4. The Labute approximate surface area is 154 Å². The lowest BCUT2D eigenvalue weighted by Gasteiger charge is -2.16. The molecule has 2 aromatic carbocycles. The zero-order valence-electron chi connectivity index (χ0n) is 15.3. The molecule has 1 aromatic heterocycles. The fraction of sp³-hybridized carbons (Fsp3) is 0.286. The Balaban J connectivity index is 1.68. The van der Waals surface area contributed by atoms with Crippen molar-refractivity contribution in [2.75, 3.05) is 0 Å². The number of aromatic nitrogens is 3. The number of hydrogen-bond acceptors (Lipinski definition) is 4. The lowest BCUT2D eigenvalue weighted by atomic mass is 10.00. The molecule has 0 bridgehead atoms. The van der Waals surface area contributed by atoms with Crippen molar-refractivity contribution in [2.24, 2.45) is 0 Å². The molecule has 0 saturated carbocycles. The van der Waals surface area contributed by atoms with Crippen molar-refractivity contribution in [1.82, 2.24) is 20.1 Å². The van der Waals surface area contributed by atoms with Gasteiger partial charge in [0.15, 0.2) is 0 Å². The fourth-order valence-corrected chi connectivity index (χ4v) is 2.93. The molecule has 0 saturated heterocycles. The number of benzene rings is 2. The standard InChI is InChI=1S/C21H23N5/c1-15(2)26-21(24-14-25-26)13-23-16(3)18-7-9-19(10-8-18)20-6-4-5-17(11-20)12-22/h4-11,14-16,23H,13H2,1-3H3. The maximum absolute atomic E-state index is 9.05. The highest BCUT2D eigenvalue weighted by Crippen LogP contribution is 2.23. The van der Waals surface area contributed by atoms with Crippen LogP contribution in [-0.2, 0) is 6.54 Å². The van der Waals surface area contributed by atoms with Crippen molar-refractivity contribution in [3.63, 3.8) is 0 Å². The molecule has 1 N–H and O–H groups in total. The van der Waals surface area contributed by atoms with Crippen LogP contribution in [0, 0.1) is 11.3 Å². The van der Waals surface area contributed by atoms with Crippen LogP contribution < -0.4 is 5.32 Å². The van der Waals surface area contributed by atoms with Gasteiger partial charge in [0.1, 0.15) is 12.2 Å². The smallest absolute Gasteiger partial charge is 0.141 e. The maximum Gasteiger partial charge on any atom is 0.141 e. The van der Waals surface area contributed by atoms with Gasteiger partial charge in [-0.15, -0.1) is 0 Å². The molecule has 26 heavy (non-hydrogen) atoms. The van der Waals surface area contributed by atoms with E-state index in [0.29, 0.717) is 18.2 Å². The summed E-state index contributed by atoms with van der Waals surface area (Å²) in [5.74, 6) is 0.941. The summed E-state index contributed by atoms with van der Waals surface area (Å²) in [5.41, 5.74) is 4.05. The van der Waals surface area contributed by atoms with Crippen LogP contribution in [0.15, 0.2) is 54.9 Å². The molecular formula is C21H23N5. The van der Waals surface area contributed by atoms with Crippen LogP contribution in [0.3, 0.4) is 0 Å². The Bertz CT molecular complexity index is 903. The summed E-state index contributed by atoms with van der Waals surface area (Å²) in [4.78, 5) is 4.34. The van der Waals surface area contributed by atoms with Crippen molar-refractivity contribution >= 4 is 0 Å². The van der Waals surface area contributed by atoms with Crippen molar-refractivity contribution in [1.29, 1.82) is 5.26 Å². The summed E-state index contributed by atoms with van der Waals surface area (Å²) >= 11 is 0. The van der Waals surface area contributed by atoms with Crippen LogP contribution in [0.4, 0.5) is 0 Å². The van der Waals surface area contributed by atoms with E-state index in [9.17, 15) is 0 Å². The third kappa shape index (κ3) is 3.98. The van der Waals surface area contributed by atoms with Gasteiger partial charge in [-0.05, 0) is 49.6 Å². The SMILES string of the molecule is CC(NCc1ncnn1C(C)C)c1ccc(-c2cccc(C#N)c2)cc1. The third-order valence-electron chi connectivity index (χ3n) is 4.44. The molecule has 0 fully saturated rings. The molecule has 3 rings (SSSR count). The van der Waals surface area contributed by atoms with Crippen LogP contribution in [0.25, 0.3) is 11.1 Å². The predicted octanol–water partition coefficient (Wildman–Crippen LogP) is 4.25. The first-order chi connectivity index (χ1) is 12.6. The molecular weight excluding hydrogens is 322 g/mol. The first-order valence-electron chi connectivity index (χ1n) is 8.80. The quantitative estimate of drug-likeness (QED) is 0.725. The number of hydrogen-bond donors (Lipinski definition) is 1. The van der Waals surface area contributed by atoms with Gasteiger partial charge in [-0.25, -0.2) is 9.67 Å². The average Bonchev–Trinajstić information content (AvgIpc) is 3.15. The molecule has 5 heteroatoms. The van der Waals surface area contributed by atoms with E-state index < -0.39 is 0 Å². The third-order valence-corrected chi connectivity index (χ3v) is 4.44. The van der Waals surface area contributed by atoms with Gasteiger partial charge in [-0.1, -0.05) is 36.4 Å². The monoisotopic (exact) mass is 345 g/mol. The number of rotatable bonds is 6. The van der Waals surface area contributed by atoms with Gasteiger partial charge in [-0.3, -0.25) is 0 Å². The second-order valence-electron chi connectivity index (χ2n) is 6.63. The van der Waals surface area contributed by atoms with Crippen molar-refractivity contribution < 1.29 is 0 Å². The molecule has 0 spiro atoms. The van der Waals surface area contributed by atoms with Crippen LogP contribution in [0.1, 0.15) is 49.8 Å². The molecule has 0 aliphatic heterocycles. The number of nitrogens with one attached hydrogen (secondary N) is 1. The topological polar surface area (TPSA) is 66.5 Å². The minimum atomic E-state index is 0.201. The molecule has 1 heterocycles. The lowest BCUT2D eigenvalue weighted by Crippen LogP contribution is -2.21. The molecule has 0 amide bonds. The van der Waals surface area contributed by atoms with Crippen LogP contribution >= 0.6 is 0 Å². The van der Waals surface area contributed by atoms with Gasteiger partial charge < -0.3 is 5.32 Å². The normalized spacial score (nSPS) is 12.1. The van der Waals surface area contributed by atoms with E-state index in [1.807, 2.05) is 28.9 Å². The largest absolute Gasteiger partial charge is 0.303 e. The van der Waals surface area contributed by atoms with Crippen molar-refractivity contribution in [3.05, 3.63) is 71.8 Å². The van der Waals surface area contributed by atoms with Crippen LogP contribution in [0.5, 0.6) is 0 Å². The van der Waals surface area contributed by atoms with Crippen molar-refractivity contribution in [2.45, 2.75) is 39.4 Å². The second kappa shape index (κ2) is 7.94. The molecule has 1 atom stereocenters. The predicted molar refractivity (Wildman–Crippen MR) is 102 cm³/mol. The van der Waals surface area contributed by atoms with E-state index in [0.717, 1.165) is 17.0 Å². The summed E-state index contributed by atoms with van der Waals surface area (Å²) in [6.45, 7) is 7.01. The minimum absolute atomic E-state index is 0.201. The molecule has 132 valence electrons. The highest BCUT2D eigenvalue weighted by Gasteiger charge is 2.10. The zero-order chi connectivity index (χ0) is 18.5.